The monoisotopic (exact) mass is 354 g/mol. The summed E-state index contributed by atoms with van der Waals surface area (Å²) in [4.78, 5) is 12.1. The zero-order valence-corrected chi connectivity index (χ0v) is 12.7. The van der Waals surface area contributed by atoms with E-state index >= 15 is 0 Å². The van der Waals surface area contributed by atoms with Gasteiger partial charge in [-0.2, -0.15) is 0 Å². The fraction of sp³-hybridized carbons (Fsp3) is 0.133. The van der Waals surface area contributed by atoms with Gasteiger partial charge in [0.25, 0.3) is 0 Å². The molecule has 0 spiro atoms. The van der Waals surface area contributed by atoms with Gasteiger partial charge in [-0.25, -0.2) is 8.78 Å². The molecular formula is C15H13BrF2N2O. The number of nitrogen functional groups attached to an aromatic ring is 1. The molecule has 1 unspecified atom stereocenters. The van der Waals surface area contributed by atoms with E-state index in [1.165, 1.54) is 0 Å². The van der Waals surface area contributed by atoms with Crippen molar-refractivity contribution in [2.75, 3.05) is 11.1 Å². The Morgan fingerprint density at radius 1 is 1.24 bits per heavy atom. The van der Waals surface area contributed by atoms with E-state index in [-0.39, 0.29) is 10.2 Å². The fourth-order valence-corrected chi connectivity index (χ4v) is 2.15. The Balaban J connectivity index is 2.20. The number of hydrogen-bond acceptors (Lipinski definition) is 2. The number of nitrogens with one attached hydrogen (secondary N) is 1. The summed E-state index contributed by atoms with van der Waals surface area (Å²) in [6.45, 7) is 1.66. The van der Waals surface area contributed by atoms with Crippen LogP contribution in [0.25, 0.3) is 0 Å². The van der Waals surface area contributed by atoms with Gasteiger partial charge in [0.1, 0.15) is 11.6 Å². The maximum atomic E-state index is 13.7. The average molecular weight is 355 g/mol. The molecule has 6 heteroatoms. The molecule has 2 rings (SSSR count). The highest BCUT2D eigenvalue weighted by atomic mass is 79.9. The van der Waals surface area contributed by atoms with Crippen LogP contribution in [0.15, 0.2) is 40.9 Å². The van der Waals surface area contributed by atoms with Crippen LogP contribution in [0, 0.1) is 11.6 Å². The molecule has 21 heavy (non-hydrogen) atoms. The summed E-state index contributed by atoms with van der Waals surface area (Å²) in [5, 5.41) is 2.38. The summed E-state index contributed by atoms with van der Waals surface area (Å²) in [6.07, 6.45) is 0. The molecule has 0 aliphatic heterocycles. The number of hydrogen-bond donors (Lipinski definition) is 2. The van der Waals surface area contributed by atoms with Gasteiger partial charge in [-0.3, -0.25) is 4.79 Å². The van der Waals surface area contributed by atoms with Crippen LogP contribution in [0.1, 0.15) is 18.4 Å². The Bertz CT molecular complexity index is 691. The van der Waals surface area contributed by atoms with Gasteiger partial charge in [0.05, 0.1) is 16.1 Å². The minimum Gasteiger partial charge on any atom is -0.399 e. The number of anilines is 2. The molecule has 0 aliphatic rings. The van der Waals surface area contributed by atoms with Gasteiger partial charge in [0.15, 0.2) is 0 Å². The normalized spacial score (nSPS) is 12.0. The average Bonchev–Trinajstić information content (AvgIpc) is 2.43. The van der Waals surface area contributed by atoms with Gasteiger partial charge < -0.3 is 11.1 Å². The molecule has 0 saturated carbocycles. The minimum absolute atomic E-state index is 0.00174. The number of nitrogens with two attached hydrogens (primary N) is 1. The third kappa shape index (κ3) is 3.58. The van der Waals surface area contributed by atoms with Crippen LogP contribution in [-0.2, 0) is 4.79 Å². The summed E-state index contributed by atoms with van der Waals surface area (Å²) in [5.74, 6) is -2.35. The molecular weight excluding hydrogens is 342 g/mol. The smallest absolute Gasteiger partial charge is 0.231 e. The molecule has 3 N–H and O–H groups in total. The minimum atomic E-state index is -0.712. The van der Waals surface area contributed by atoms with Gasteiger partial charge in [-0.15, -0.1) is 0 Å². The lowest BCUT2D eigenvalue weighted by atomic mass is 10.00. The van der Waals surface area contributed by atoms with Crippen molar-refractivity contribution in [2.45, 2.75) is 12.8 Å². The quantitative estimate of drug-likeness (QED) is 0.645. The van der Waals surface area contributed by atoms with E-state index in [2.05, 4.69) is 21.2 Å². The number of carbonyl (C=O) groups is 1. The molecule has 3 nitrogen and oxygen atoms in total. The van der Waals surface area contributed by atoms with Crippen LogP contribution < -0.4 is 11.1 Å². The highest BCUT2D eigenvalue weighted by Gasteiger charge is 2.18. The van der Waals surface area contributed by atoms with Crippen molar-refractivity contribution in [3.8, 4) is 0 Å². The molecule has 0 heterocycles. The summed E-state index contributed by atoms with van der Waals surface area (Å²) in [7, 11) is 0. The Morgan fingerprint density at radius 2 is 1.95 bits per heavy atom. The Labute approximate surface area is 129 Å². The van der Waals surface area contributed by atoms with Gasteiger partial charge in [0, 0.05) is 11.8 Å². The van der Waals surface area contributed by atoms with E-state index in [0.29, 0.717) is 11.3 Å². The van der Waals surface area contributed by atoms with Crippen molar-refractivity contribution < 1.29 is 13.6 Å². The zero-order valence-electron chi connectivity index (χ0n) is 11.2. The first-order valence-electron chi connectivity index (χ1n) is 6.19. The predicted molar refractivity (Wildman–Crippen MR) is 82.0 cm³/mol. The molecule has 1 atom stereocenters. The lowest BCUT2D eigenvalue weighted by Crippen LogP contribution is -2.19. The van der Waals surface area contributed by atoms with Crippen LogP contribution in [0.5, 0.6) is 0 Å². The van der Waals surface area contributed by atoms with E-state index in [0.717, 1.165) is 12.1 Å². The van der Waals surface area contributed by atoms with Crippen molar-refractivity contribution in [1.82, 2.24) is 0 Å². The molecule has 0 fully saturated rings. The third-order valence-corrected chi connectivity index (χ3v) is 3.68. The number of rotatable bonds is 3. The Hall–Kier alpha value is -1.95. The second kappa shape index (κ2) is 6.22. The van der Waals surface area contributed by atoms with Crippen molar-refractivity contribution in [3.05, 3.63) is 58.1 Å². The lowest BCUT2D eigenvalue weighted by molar-refractivity contribution is -0.117. The van der Waals surface area contributed by atoms with E-state index in [1.54, 1.807) is 31.2 Å². The molecule has 0 bridgehead atoms. The molecule has 0 aliphatic carbocycles. The summed E-state index contributed by atoms with van der Waals surface area (Å²) in [6, 6.07) is 8.76. The zero-order chi connectivity index (χ0) is 15.6. The van der Waals surface area contributed by atoms with Gasteiger partial charge >= 0.3 is 0 Å². The van der Waals surface area contributed by atoms with Crippen LogP contribution in [0.2, 0.25) is 0 Å². The lowest BCUT2D eigenvalue weighted by Gasteiger charge is -2.14. The van der Waals surface area contributed by atoms with Crippen LogP contribution >= 0.6 is 15.9 Å². The van der Waals surface area contributed by atoms with Crippen LogP contribution in [0.3, 0.4) is 0 Å². The number of carbonyl (C=O) groups excluding carboxylic acids is 1. The Morgan fingerprint density at radius 3 is 2.62 bits per heavy atom. The highest BCUT2D eigenvalue weighted by Crippen LogP contribution is 2.25. The van der Waals surface area contributed by atoms with Crippen molar-refractivity contribution in [1.29, 1.82) is 0 Å². The molecule has 0 saturated heterocycles. The third-order valence-electron chi connectivity index (χ3n) is 3.07. The van der Waals surface area contributed by atoms with Crippen molar-refractivity contribution >= 4 is 33.2 Å². The SMILES string of the molecule is CC(C(=O)Nc1cc(F)c(Br)cc1F)c1cccc(N)c1. The molecule has 1 amide bonds. The Kier molecular flexibility index (Phi) is 4.57. The maximum absolute atomic E-state index is 13.7. The highest BCUT2D eigenvalue weighted by molar-refractivity contribution is 9.10. The topological polar surface area (TPSA) is 55.1 Å². The maximum Gasteiger partial charge on any atom is 0.231 e. The molecule has 0 aromatic heterocycles. The first-order valence-corrected chi connectivity index (χ1v) is 6.98. The first kappa shape index (κ1) is 15.4. The number of halogens is 3. The standard InChI is InChI=1S/C15H13BrF2N2O/c1-8(9-3-2-4-10(19)5-9)15(21)20-14-7-12(17)11(16)6-13(14)18/h2-8H,19H2,1H3,(H,20,21). The van der Waals surface area contributed by atoms with Crippen molar-refractivity contribution in [2.24, 2.45) is 0 Å². The van der Waals surface area contributed by atoms with Gasteiger partial charge in [-0.05, 0) is 46.6 Å². The van der Waals surface area contributed by atoms with E-state index in [9.17, 15) is 13.6 Å². The van der Waals surface area contributed by atoms with E-state index in [1.807, 2.05) is 0 Å². The van der Waals surface area contributed by atoms with Crippen LogP contribution in [0.4, 0.5) is 20.2 Å². The van der Waals surface area contributed by atoms with Gasteiger partial charge in [0.2, 0.25) is 5.91 Å². The molecule has 2 aromatic rings. The van der Waals surface area contributed by atoms with E-state index < -0.39 is 23.5 Å². The molecule has 2 aromatic carbocycles. The second-order valence-corrected chi connectivity index (χ2v) is 5.48. The van der Waals surface area contributed by atoms with Crippen LogP contribution in [-0.4, -0.2) is 5.91 Å². The second-order valence-electron chi connectivity index (χ2n) is 4.63. The predicted octanol–water partition coefficient (Wildman–Crippen LogP) is 4.05. The largest absolute Gasteiger partial charge is 0.399 e. The summed E-state index contributed by atoms with van der Waals surface area (Å²) in [5.41, 5.74) is 6.70. The molecule has 0 radical (unpaired) electrons. The first-order chi connectivity index (χ1) is 9.88. The summed E-state index contributed by atoms with van der Waals surface area (Å²) >= 11 is 2.88. The van der Waals surface area contributed by atoms with Gasteiger partial charge in [-0.1, -0.05) is 12.1 Å². The van der Waals surface area contributed by atoms with E-state index in [4.69, 9.17) is 5.73 Å². The number of amides is 1. The fourth-order valence-electron chi connectivity index (χ4n) is 1.84. The summed E-state index contributed by atoms with van der Waals surface area (Å²) < 4.78 is 27.1. The number of benzene rings is 2. The molecule has 110 valence electrons. The van der Waals surface area contributed by atoms with Crippen molar-refractivity contribution in [3.63, 3.8) is 0 Å².